The molecule has 0 aliphatic heterocycles. The first-order valence-corrected chi connectivity index (χ1v) is 7.44. The van der Waals surface area contributed by atoms with Gasteiger partial charge in [-0.1, -0.05) is 32.0 Å². The van der Waals surface area contributed by atoms with Gasteiger partial charge in [0.25, 0.3) is 5.91 Å². The lowest BCUT2D eigenvalue weighted by molar-refractivity contribution is 0.0954. The van der Waals surface area contributed by atoms with Gasteiger partial charge in [0.05, 0.1) is 0 Å². The molecule has 0 saturated heterocycles. The van der Waals surface area contributed by atoms with Crippen molar-refractivity contribution in [1.29, 1.82) is 0 Å². The molecule has 0 aliphatic carbocycles. The lowest BCUT2D eigenvalue weighted by Crippen LogP contribution is -2.40. The highest BCUT2D eigenvalue weighted by Crippen LogP contribution is 2.01. The summed E-state index contributed by atoms with van der Waals surface area (Å²) in [5, 5.41) is 8.26. The molecule has 0 aromatic heterocycles. The molecule has 0 heterocycles. The van der Waals surface area contributed by atoms with Crippen LogP contribution < -0.4 is 16.0 Å². The molecule has 0 atom stereocenters. The minimum Gasteiger partial charge on any atom is -0.350 e. The highest BCUT2D eigenvalue weighted by molar-refractivity contribution is 5.94. The van der Waals surface area contributed by atoms with Gasteiger partial charge < -0.3 is 16.0 Å². The molecule has 0 radical (unpaired) electrons. The fourth-order valence-electron chi connectivity index (χ4n) is 1.82. The molecule has 1 aromatic carbocycles. The van der Waals surface area contributed by atoms with Crippen LogP contribution in [0, 0.1) is 5.92 Å². The number of hydrogen-bond acceptors (Lipinski definition) is 2. The van der Waals surface area contributed by atoms with Gasteiger partial charge in [-0.3, -0.25) is 4.79 Å². The van der Waals surface area contributed by atoms with Gasteiger partial charge in [0.15, 0.2) is 0 Å². The van der Waals surface area contributed by atoms with Crippen molar-refractivity contribution >= 4 is 11.9 Å². The van der Waals surface area contributed by atoms with E-state index in [1.165, 1.54) is 0 Å². The Morgan fingerprint density at radius 3 is 2.24 bits per heavy atom. The number of urea groups is 1. The molecule has 0 bridgehead atoms. The first-order valence-electron chi connectivity index (χ1n) is 7.44. The molecular weight excluding hydrogens is 266 g/mol. The minimum atomic E-state index is -0.187. The molecular formula is C16H25N3O2. The number of hydrogen-bond donors (Lipinski definition) is 3. The van der Waals surface area contributed by atoms with E-state index >= 15 is 0 Å². The Labute approximate surface area is 126 Å². The number of nitrogens with one attached hydrogen (secondary N) is 3. The summed E-state index contributed by atoms with van der Waals surface area (Å²) in [7, 11) is 0. The quantitative estimate of drug-likeness (QED) is 0.642. The fraction of sp³-hybridized carbons (Fsp3) is 0.500. The van der Waals surface area contributed by atoms with E-state index in [0.29, 0.717) is 31.1 Å². The Morgan fingerprint density at radius 2 is 1.57 bits per heavy atom. The van der Waals surface area contributed by atoms with Crippen LogP contribution in [0.3, 0.4) is 0 Å². The van der Waals surface area contributed by atoms with Crippen molar-refractivity contribution in [3.8, 4) is 0 Å². The van der Waals surface area contributed by atoms with Crippen molar-refractivity contribution in [3.63, 3.8) is 0 Å². The third-order valence-corrected chi connectivity index (χ3v) is 2.98. The number of carbonyl (C=O) groups excluding carboxylic acids is 2. The van der Waals surface area contributed by atoms with Crippen molar-refractivity contribution in [3.05, 3.63) is 35.9 Å². The highest BCUT2D eigenvalue weighted by Gasteiger charge is 2.04. The molecule has 21 heavy (non-hydrogen) atoms. The van der Waals surface area contributed by atoms with Crippen LogP contribution in [0.25, 0.3) is 0 Å². The topological polar surface area (TPSA) is 70.2 Å². The Bertz CT molecular complexity index is 432. The second kappa shape index (κ2) is 9.80. The number of benzene rings is 1. The fourth-order valence-corrected chi connectivity index (χ4v) is 1.82. The second-order valence-electron chi connectivity index (χ2n) is 5.34. The summed E-state index contributed by atoms with van der Waals surface area (Å²) in [5.41, 5.74) is 0.621. The van der Waals surface area contributed by atoms with Crippen LogP contribution >= 0.6 is 0 Å². The molecule has 0 saturated carbocycles. The van der Waals surface area contributed by atoms with E-state index in [1.54, 1.807) is 12.1 Å². The van der Waals surface area contributed by atoms with Crippen LogP contribution in [0.15, 0.2) is 30.3 Å². The summed E-state index contributed by atoms with van der Waals surface area (Å²) >= 11 is 0. The van der Waals surface area contributed by atoms with Crippen LogP contribution in [-0.4, -0.2) is 31.6 Å². The minimum absolute atomic E-state index is 0.130. The van der Waals surface area contributed by atoms with Crippen LogP contribution in [0.4, 0.5) is 4.79 Å². The molecule has 5 heteroatoms. The summed E-state index contributed by atoms with van der Waals surface area (Å²) in [6, 6.07) is 8.82. The maximum atomic E-state index is 11.7. The Kier molecular flexibility index (Phi) is 7.94. The van der Waals surface area contributed by atoms with Gasteiger partial charge >= 0.3 is 6.03 Å². The average Bonchev–Trinajstić information content (AvgIpc) is 2.48. The zero-order valence-electron chi connectivity index (χ0n) is 12.8. The van der Waals surface area contributed by atoms with E-state index in [-0.39, 0.29) is 11.9 Å². The van der Waals surface area contributed by atoms with Crippen LogP contribution in [0.5, 0.6) is 0 Å². The Morgan fingerprint density at radius 1 is 0.952 bits per heavy atom. The zero-order chi connectivity index (χ0) is 15.5. The van der Waals surface area contributed by atoms with E-state index in [4.69, 9.17) is 0 Å². The van der Waals surface area contributed by atoms with E-state index in [9.17, 15) is 9.59 Å². The summed E-state index contributed by atoms with van der Waals surface area (Å²) < 4.78 is 0. The molecule has 0 fully saturated rings. The lowest BCUT2D eigenvalue weighted by Gasteiger charge is -2.09. The molecule has 3 amide bonds. The summed E-state index contributed by atoms with van der Waals surface area (Å²) in [4.78, 5) is 23.2. The van der Waals surface area contributed by atoms with E-state index in [1.807, 2.05) is 18.2 Å². The maximum absolute atomic E-state index is 11.7. The zero-order valence-corrected chi connectivity index (χ0v) is 12.8. The molecule has 3 N–H and O–H groups in total. The van der Waals surface area contributed by atoms with Crippen molar-refractivity contribution < 1.29 is 9.59 Å². The first kappa shape index (κ1) is 17.0. The molecule has 0 spiro atoms. The predicted octanol–water partition coefficient (Wildman–Crippen LogP) is 2.15. The molecule has 5 nitrogen and oxygen atoms in total. The van der Waals surface area contributed by atoms with Crippen LogP contribution in [0.2, 0.25) is 0 Å². The smallest absolute Gasteiger partial charge is 0.314 e. The molecule has 1 aromatic rings. The normalized spacial score (nSPS) is 10.2. The van der Waals surface area contributed by atoms with Gasteiger partial charge in [0.1, 0.15) is 0 Å². The van der Waals surface area contributed by atoms with Crippen molar-refractivity contribution in [2.45, 2.75) is 26.7 Å². The number of amides is 3. The molecule has 1 rings (SSSR count). The third-order valence-electron chi connectivity index (χ3n) is 2.98. The molecule has 0 unspecified atom stereocenters. The van der Waals surface area contributed by atoms with Gasteiger partial charge in [0, 0.05) is 25.2 Å². The van der Waals surface area contributed by atoms with Gasteiger partial charge in [-0.15, -0.1) is 0 Å². The van der Waals surface area contributed by atoms with Crippen molar-refractivity contribution in [1.82, 2.24) is 16.0 Å². The molecule has 0 aliphatic rings. The van der Waals surface area contributed by atoms with Gasteiger partial charge in [-0.25, -0.2) is 4.79 Å². The summed E-state index contributed by atoms with van der Waals surface area (Å²) in [5.74, 6) is 0.526. The SMILES string of the molecule is CC(C)CCCNC(=O)NCCNC(=O)c1ccccc1. The summed E-state index contributed by atoms with van der Waals surface area (Å²) in [6.45, 7) is 5.83. The molecule has 116 valence electrons. The Hall–Kier alpha value is -2.04. The first-order chi connectivity index (χ1) is 10.1. The summed E-state index contributed by atoms with van der Waals surface area (Å²) in [6.07, 6.45) is 2.09. The standard InChI is InChI=1S/C16H25N3O2/c1-13(2)7-6-10-18-16(21)19-12-11-17-15(20)14-8-4-3-5-9-14/h3-5,8-9,13H,6-7,10-12H2,1-2H3,(H,17,20)(H2,18,19,21). The monoisotopic (exact) mass is 291 g/mol. The van der Waals surface area contributed by atoms with Gasteiger partial charge in [0.2, 0.25) is 0 Å². The maximum Gasteiger partial charge on any atom is 0.314 e. The van der Waals surface area contributed by atoms with E-state index in [0.717, 1.165) is 12.8 Å². The second-order valence-corrected chi connectivity index (χ2v) is 5.34. The largest absolute Gasteiger partial charge is 0.350 e. The highest BCUT2D eigenvalue weighted by atomic mass is 16.2. The third kappa shape index (κ3) is 7.97. The van der Waals surface area contributed by atoms with E-state index < -0.39 is 0 Å². The van der Waals surface area contributed by atoms with Crippen molar-refractivity contribution in [2.75, 3.05) is 19.6 Å². The number of carbonyl (C=O) groups is 2. The van der Waals surface area contributed by atoms with Gasteiger partial charge in [-0.05, 0) is 30.9 Å². The van der Waals surface area contributed by atoms with E-state index in [2.05, 4.69) is 29.8 Å². The average molecular weight is 291 g/mol. The lowest BCUT2D eigenvalue weighted by atomic mass is 10.1. The van der Waals surface area contributed by atoms with Gasteiger partial charge in [-0.2, -0.15) is 0 Å². The van der Waals surface area contributed by atoms with Crippen LogP contribution in [-0.2, 0) is 0 Å². The van der Waals surface area contributed by atoms with Crippen LogP contribution in [0.1, 0.15) is 37.0 Å². The number of rotatable bonds is 8. The Balaban J connectivity index is 2.06. The predicted molar refractivity (Wildman–Crippen MR) is 84.2 cm³/mol. The van der Waals surface area contributed by atoms with Crippen molar-refractivity contribution in [2.24, 2.45) is 5.92 Å².